The van der Waals surface area contributed by atoms with Crippen LogP contribution in [-0.4, -0.2) is 60.7 Å². The molecule has 11 heteroatoms. The average Bonchev–Trinajstić information content (AvgIpc) is 2.75. The molecule has 1 unspecified atom stereocenters. The number of hydrogen-bond acceptors (Lipinski definition) is 6. The maximum Gasteiger partial charge on any atom is 0.270 e. The Hall–Kier alpha value is -2.53. The summed E-state index contributed by atoms with van der Waals surface area (Å²) in [6, 6.07) is 11.3. The number of nitro groups is 1. The molecule has 1 amide bonds. The summed E-state index contributed by atoms with van der Waals surface area (Å²) in [7, 11) is -3.85. The number of piperazine rings is 1. The van der Waals surface area contributed by atoms with Crippen molar-refractivity contribution in [2.45, 2.75) is 17.9 Å². The standard InChI is InChI=1S/C19H21ClN4O5S/c1-14(19(25)21-16-7-5-15(20)6-8-16)22-9-11-23(12-10-22)30(28,29)18-4-2-3-17(13-18)24(26)27/h2-8,13-14H,9-12H2,1H3,(H,21,25). The van der Waals surface area contributed by atoms with E-state index in [1.807, 2.05) is 4.90 Å². The molecule has 2 aromatic carbocycles. The van der Waals surface area contributed by atoms with Crippen molar-refractivity contribution in [1.29, 1.82) is 0 Å². The molecule has 0 spiro atoms. The Morgan fingerprint density at radius 3 is 2.37 bits per heavy atom. The van der Waals surface area contributed by atoms with Gasteiger partial charge in [-0.1, -0.05) is 17.7 Å². The third kappa shape index (κ3) is 4.96. The van der Waals surface area contributed by atoms with Gasteiger partial charge in [0, 0.05) is 49.0 Å². The quantitative estimate of drug-likeness (QED) is 0.532. The molecule has 0 saturated carbocycles. The third-order valence-electron chi connectivity index (χ3n) is 4.98. The van der Waals surface area contributed by atoms with Crippen LogP contribution in [0.15, 0.2) is 53.4 Å². The van der Waals surface area contributed by atoms with Crippen LogP contribution in [0.1, 0.15) is 6.92 Å². The van der Waals surface area contributed by atoms with Gasteiger partial charge in [-0.3, -0.25) is 19.8 Å². The van der Waals surface area contributed by atoms with Crippen molar-refractivity contribution >= 4 is 38.9 Å². The van der Waals surface area contributed by atoms with E-state index in [1.165, 1.54) is 22.5 Å². The second-order valence-corrected chi connectivity index (χ2v) is 9.24. The van der Waals surface area contributed by atoms with Crippen LogP contribution in [0.3, 0.4) is 0 Å². The van der Waals surface area contributed by atoms with Gasteiger partial charge in [0.25, 0.3) is 5.69 Å². The summed E-state index contributed by atoms with van der Waals surface area (Å²) in [4.78, 5) is 24.6. The minimum absolute atomic E-state index is 0.112. The third-order valence-corrected chi connectivity index (χ3v) is 7.12. The molecule has 0 bridgehead atoms. The van der Waals surface area contributed by atoms with Gasteiger partial charge in [0.15, 0.2) is 0 Å². The van der Waals surface area contributed by atoms with Crippen molar-refractivity contribution in [3.63, 3.8) is 0 Å². The number of nitrogens with one attached hydrogen (secondary N) is 1. The first-order chi connectivity index (χ1) is 14.2. The van der Waals surface area contributed by atoms with Gasteiger partial charge in [0.05, 0.1) is 15.9 Å². The fraction of sp³-hybridized carbons (Fsp3) is 0.316. The molecule has 1 heterocycles. The highest BCUT2D eigenvalue weighted by molar-refractivity contribution is 7.89. The van der Waals surface area contributed by atoms with E-state index < -0.39 is 21.0 Å². The predicted molar refractivity (Wildman–Crippen MR) is 113 cm³/mol. The monoisotopic (exact) mass is 452 g/mol. The normalized spacial score (nSPS) is 16.7. The zero-order valence-electron chi connectivity index (χ0n) is 16.2. The van der Waals surface area contributed by atoms with E-state index in [-0.39, 0.29) is 29.6 Å². The molecule has 1 atom stereocenters. The van der Waals surface area contributed by atoms with Crippen molar-refractivity contribution < 1.29 is 18.1 Å². The van der Waals surface area contributed by atoms with Gasteiger partial charge in [-0.05, 0) is 37.3 Å². The van der Waals surface area contributed by atoms with E-state index in [0.717, 1.165) is 6.07 Å². The lowest BCUT2D eigenvalue weighted by Crippen LogP contribution is -2.53. The second-order valence-electron chi connectivity index (χ2n) is 6.87. The van der Waals surface area contributed by atoms with Gasteiger partial charge in [-0.15, -0.1) is 0 Å². The molecule has 1 saturated heterocycles. The number of hydrogen-bond donors (Lipinski definition) is 1. The Labute approximate surface area is 179 Å². The number of non-ortho nitro benzene ring substituents is 1. The number of anilines is 1. The van der Waals surface area contributed by atoms with Gasteiger partial charge in [-0.2, -0.15) is 4.31 Å². The van der Waals surface area contributed by atoms with E-state index in [4.69, 9.17) is 11.6 Å². The summed E-state index contributed by atoms with van der Waals surface area (Å²) in [5.41, 5.74) is 0.352. The van der Waals surface area contributed by atoms with Crippen LogP contribution in [0.25, 0.3) is 0 Å². The van der Waals surface area contributed by atoms with E-state index >= 15 is 0 Å². The molecule has 0 aliphatic carbocycles. The SMILES string of the molecule is CC(C(=O)Nc1ccc(Cl)cc1)N1CCN(S(=O)(=O)c2cccc([N+](=O)[O-])c2)CC1. The first-order valence-electron chi connectivity index (χ1n) is 9.23. The largest absolute Gasteiger partial charge is 0.325 e. The molecule has 1 fully saturated rings. The van der Waals surface area contributed by atoms with Gasteiger partial charge in [0.2, 0.25) is 15.9 Å². The highest BCUT2D eigenvalue weighted by Crippen LogP contribution is 2.22. The van der Waals surface area contributed by atoms with Crippen LogP contribution in [0.5, 0.6) is 0 Å². The maximum atomic E-state index is 12.8. The number of carbonyl (C=O) groups excluding carboxylic acids is 1. The minimum Gasteiger partial charge on any atom is -0.325 e. The van der Waals surface area contributed by atoms with Crippen molar-refractivity contribution in [3.8, 4) is 0 Å². The average molecular weight is 453 g/mol. The summed E-state index contributed by atoms with van der Waals surface area (Å²) in [6.07, 6.45) is 0. The van der Waals surface area contributed by atoms with E-state index in [1.54, 1.807) is 31.2 Å². The minimum atomic E-state index is -3.85. The molecular formula is C19H21ClN4O5S. The van der Waals surface area contributed by atoms with Crippen LogP contribution in [0.2, 0.25) is 5.02 Å². The number of carbonyl (C=O) groups is 1. The Kier molecular flexibility index (Phi) is 6.71. The molecule has 1 N–H and O–H groups in total. The molecule has 3 rings (SSSR count). The molecular weight excluding hydrogens is 432 g/mol. The number of sulfonamides is 1. The second kappa shape index (κ2) is 9.09. The summed E-state index contributed by atoms with van der Waals surface area (Å²) in [5, 5.41) is 14.3. The Bertz CT molecular complexity index is 1040. The van der Waals surface area contributed by atoms with E-state index in [9.17, 15) is 23.3 Å². The highest BCUT2D eigenvalue weighted by atomic mass is 35.5. The molecule has 160 valence electrons. The Morgan fingerprint density at radius 1 is 1.13 bits per heavy atom. The lowest BCUT2D eigenvalue weighted by atomic mass is 10.2. The van der Waals surface area contributed by atoms with Gasteiger partial charge < -0.3 is 5.32 Å². The molecule has 9 nitrogen and oxygen atoms in total. The lowest BCUT2D eigenvalue weighted by Gasteiger charge is -2.36. The van der Waals surface area contributed by atoms with Gasteiger partial charge >= 0.3 is 0 Å². The molecule has 0 radical (unpaired) electrons. The zero-order chi connectivity index (χ0) is 21.9. The smallest absolute Gasteiger partial charge is 0.270 e. The molecule has 30 heavy (non-hydrogen) atoms. The van der Waals surface area contributed by atoms with Crippen molar-refractivity contribution in [2.24, 2.45) is 0 Å². The molecule has 1 aliphatic rings. The Balaban J connectivity index is 1.62. The van der Waals surface area contributed by atoms with Crippen LogP contribution >= 0.6 is 11.6 Å². The number of rotatable bonds is 6. The zero-order valence-corrected chi connectivity index (χ0v) is 17.8. The fourth-order valence-electron chi connectivity index (χ4n) is 3.18. The summed E-state index contributed by atoms with van der Waals surface area (Å²) in [6.45, 7) is 2.86. The number of halogens is 1. The van der Waals surface area contributed by atoms with Gasteiger partial charge in [-0.25, -0.2) is 8.42 Å². The van der Waals surface area contributed by atoms with E-state index in [2.05, 4.69) is 5.32 Å². The van der Waals surface area contributed by atoms with Crippen molar-refractivity contribution in [1.82, 2.24) is 9.21 Å². The topological polar surface area (TPSA) is 113 Å². The number of nitrogens with zero attached hydrogens (tertiary/aromatic N) is 3. The van der Waals surface area contributed by atoms with E-state index in [0.29, 0.717) is 23.8 Å². The first-order valence-corrected chi connectivity index (χ1v) is 11.1. The van der Waals surface area contributed by atoms with Crippen LogP contribution in [0.4, 0.5) is 11.4 Å². The molecule has 1 aliphatic heterocycles. The number of benzene rings is 2. The highest BCUT2D eigenvalue weighted by Gasteiger charge is 2.32. The van der Waals surface area contributed by atoms with Crippen molar-refractivity contribution in [2.75, 3.05) is 31.5 Å². The van der Waals surface area contributed by atoms with Crippen LogP contribution < -0.4 is 5.32 Å². The van der Waals surface area contributed by atoms with Crippen LogP contribution in [-0.2, 0) is 14.8 Å². The predicted octanol–water partition coefficient (Wildman–Crippen LogP) is 2.58. The molecule has 2 aromatic rings. The summed E-state index contributed by atoms with van der Waals surface area (Å²) < 4.78 is 27.0. The summed E-state index contributed by atoms with van der Waals surface area (Å²) in [5.74, 6) is -0.202. The first kappa shape index (κ1) is 22.2. The summed E-state index contributed by atoms with van der Waals surface area (Å²) >= 11 is 5.84. The lowest BCUT2D eigenvalue weighted by molar-refractivity contribution is -0.385. The van der Waals surface area contributed by atoms with Crippen LogP contribution in [0, 0.1) is 10.1 Å². The van der Waals surface area contributed by atoms with Gasteiger partial charge in [0.1, 0.15) is 0 Å². The number of amides is 1. The fourth-order valence-corrected chi connectivity index (χ4v) is 4.77. The maximum absolute atomic E-state index is 12.8. The molecule has 0 aromatic heterocycles. The van der Waals surface area contributed by atoms with Crippen molar-refractivity contribution in [3.05, 3.63) is 63.7 Å². The Morgan fingerprint density at radius 2 is 1.77 bits per heavy atom. The number of nitro benzene ring substituents is 1.